The van der Waals surface area contributed by atoms with Gasteiger partial charge in [0.1, 0.15) is 11.5 Å². The zero-order valence-corrected chi connectivity index (χ0v) is 20.2. The van der Waals surface area contributed by atoms with E-state index in [1.165, 1.54) is 62.0 Å². The Labute approximate surface area is 208 Å². The quantitative estimate of drug-likeness (QED) is 0.275. The number of ether oxygens (including phenoxy) is 1. The molecule has 1 amide bonds. The van der Waals surface area contributed by atoms with Crippen LogP contribution >= 0.6 is 23.8 Å². The average molecular weight is 535 g/mol. The number of amides is 1. The van der Waals surface area contributed by atoms with Gasteiger partial charge in [-0.1, -0.05) is 11.6 Å². The molecule has 0 aliphatic rings. The Bertz CT molecular complexity index is 1540. The standard InChI is InChI=1S/C21H16ClFN6O4S2/c1-33-20-18(24-8-9-25-20)29-35(31,32)13-5-3-12(4-6-13)26-21(34)28-19(30)17-16(22)14-7-2-11(23)10-15(14)27-17/h2-10,27H,1H3,(H,24,29)(H2,26,28,30,34). The maximum atomic E-state index is 13.4. The summed E-state index contributed by atoms with van der Waals surface area (Å²) in [6.45, 7) is 0. The lowest BCUT2D eigenvalue weighted by Gasteiger charge is -2.11. The van der Waals surface area contributed by atoms with Crippen molar-refractivity contribution in [2.75, 3.05) is 17.1 Å². The molecule has 0 saturated carbocycles. The van der Waals surface area contributed by atoms with E-state index >= 15 is 0 Å². The van der Waals surface area contributed by atoms with Gasteiger partial charge in [-0.15, -0.1) is 0 Å². The molecule has 35 heavy (non-hydrogen) atoms. The number of rotatable bonds is 6. The molecule has 180 valence electrons. The number of sulfonamides is 1. The molecule has 14 heteroatoms. The summed E-state index contributed by atoms with van der Waals surface area (Å²) >= 11 is 11.4. The zero-order valence-electron chi connectivity index (χ0n) is 17.8. The maximum absolute atomic E-state index is 13.4. The van der Waals surface area contributed by atoms with Crippen molar-refractivity contribution >= 4 is 67.3 Å². The van der Waals surface area contributed by atoms with Crippen molar-refractivity contribution in [1.82, 2.24) is 20.3 Å². The van der Waals surface area contributed by atoms with E-state index in [9.17, 15) is 17.6 Å². The molecule has 4 aromatic rings. The lowest BCUT2D eigenvalue weighted by molar-refractivity contribution is 0.0974. The number of halogens is 2. The first-order chi connectivity index (χ1) is 16.7. The Morgan fingerprint density at radius 2 is 1.86 bits per heavy atom. The molecular weight excluding hydrogens is 519 g/mol. The molecule has 2 aromatic carbocycles. The summed E-state index contributed by atoms with van der Waals surface area (Å²) in [5.41, 5.74) is 0.794. The van der Waals surface area contributed by atoms with Crippen molar-refractivity contribution in [3.63, 3.8) is 0 Å². The summed E-state index contributed by atoms with van der Waals surface area (Å²) in [4.78, 5) is 23.1. The molecule has 4 N–H and O–H groups in total. The van der Waals surface area contributed by atoms with Crippen LogP contribution < -0.4 is 20.1 Å². The van der Waals surface area contributed by atoms with Crippen molar-refractivity contribution in [1.29, 1.82) is 0 Å². The molecule has 0 atom stereocenters. The van der Waals surface area contributed by atoms with Gasteiger partial charge in [-0.05, 0) is 54.7 Å². The summed E-state index contributed by atoms with van der Waals surface area (Å²) in [6, 6.07) is 9.50. The smallest absolute Gasteiger partial charge is 0.275 e. The SMILES string of the molecule is COc1nccnc1NS(=O)(=O)c1ccc(NC(=S)NC(=O)c2[nH]c3cc(F)ccc3c2Cl)cc1. The van der Waals surface area contributed by atoms with E-state index < -0.39 is 21.7 Å². The number of H-pyrrole nitrogens is 1. The predicted octanol–water partition coefficient (Wildman–Crippen LogP) is 3.69. The van der Waals surface area contributed by atoms with Crippen LogP contribution in [0.5, 0.6) is 5.88 Å². The number of hydrogen-bond donors (Lipinski definition) is 4. The number of aromatic nitrogens is 3. The van der Waals surface area contributed by atoms with Gasteiger partial charge in [0, 0.05) is 23.5 Å². The number of carbonyl (C=O) groups excluding carboxylic acids is 1. The maximum Gasteiger partial charge on any atom is 0.275 e. The second kappa shape index (κ2) is 9.82. The van der Waals surface area contributed by atoms with Crippen LogP contribution in [0.15, 0.2) is 59.8 Å². The highest BCUT2D eigenvalue weighted by Gasteiger charge is 2.19. The van der Waals surface area contributed by atoms with E-state index in [1.807, 2.05) is 0 Å². The van der Waals surface area contributed by atoms with Gasteiger partial charge < -0.3 is 15.0 Å². The zero-order chi connectivity index (χ0) is 25.2. The van der Waals surface area contributed by atoms with Crippen LogP contribution in [0.2, 0.25) is 5.02 Å². The third-order valence-corrected chi connectivity index (χ3v) is 6.61. The van der Waals surface area contributed by atoms with Gasteiger partial charge in [0.15, 0.2) is 5.11 Å². The van der Waals surface area contributed by atoms with Crippen LogP contribution in [0.3, 0.4) is 0 Å². The molecule has 0 radical (unpaired) electrons. The molecule has 0 spiro atoms. The van der Waals surface area contributed by atoms with Crippen LogP contribution in [-0.2, 0) is 10.0 Å². The van der Waals surface area contributed by atoms with Gasteiger partial charge in [0.2, 0.25) is 5.82 Å². The van der Waals surface area contributed by atoms with Gasteiger partial charge in [0.05, 0.1) is 22.5 Å². The average Bonchev–Trinajstić information content (AvgIpc) is 3.15. The fourth-order valence-corrected chi connectivity index (χ4v) is 4.58. The Kier molecular flexibility index (Phi) is 6.82. The molecule has 0 unspecified atom stereocenters. The van der Waals surface area contributed by atoms with E-state index in [0.717, 1.165) is 0 Å². The largest absolute Gasteiger partial charge is 0.478 e. The Morgan fingerprint density at radius 3 is 2.57 bits per heavy atom. The number of fused-ring (bicyclic) bond motifs is 1. The molecule has 0 saturated heterocycles. The van der Waals surface area contributed by atoms with Gasteiger partial charge in [-0.3, -0.25) is 14.8 Å². The molecular formula is C21H16ClFN6O4S2. The van der Waals surface area contributed by atoms with Crippen LogP contribution in [0.4, 0.5) is 15.9 Å². The summed E-state index contributed by atoms with van der Waals surface area (Å²) in [5, 5.41) is 5.79. The second-order valence-electron chi connectivity index (χ2n) is 6.96. The number of nitrogens with zero attached hydrogens (tertiary/aromatic N) is 2. The topological polar surface area (TPSA) is 138 Å². The van der Waals surface area contributed by atoms with Crippen LogP contribution in [0.25, 0.3) is 10.9 Å². The number of hydrogen-bond acceptors (Lipinski definition) is 7. The number of methoxy groups -OCH3 is 1. The summed E-state index contributed by atoms with van der Waals surface area (Å²) in [7, 11) is -2.63. The minimum atomic E-state index is -3.98. The third kappa shape index (κ3) is 5.31. The van der Waals surface area contributed by atoms with Crippen LogP contribution in [0.1, 0.15) is 10.5 Å². The predicted molar refractivity (Wildman–Crippen MR) is 133 cm³/mol. The van der Waals surface area contributed by atoms with Crippen molar-refractivity contribution in [2.45, 2.75) is 4.90 Å². The Hall–Kier alpha value is -3.81. The van der Waals surface area contributed by atoms with Crippen LogP contribution in [0, 0.1) is 5.82 Å². The van der Waals surface area contributed by atoms with Gasteiger partial charge in [0.25, 0.3) is 21.8 Å². The number of carbonyl (C=O) groups is 1. The molecule has 4 rings (SSSR count). The second-order valence-corrected chi connectivity index (χ2v) is 9.42. The Balaban J connectivity index is 1.42. The first kappa shape index (κ1) is 24.3. The highest BCUT2D eigenvalue weighted by Crippen LogP contribution is 2.28. The molecule has 0 aliphatic carbocycles. The number of benzene rings is 2. The number of anilines is 2. The van der Waals surface area contributed by atoms with Gasteiger partial charge in [-0.25, -0.2) is 22.8 Å². The van der Waals surface area contributed by atoms with Gasteiger partial charge >= 0.3 is 0 Å². The normalized spacial score (nSPS) is 11.2. The van der Waals surface area contributed by atoms with Crippen molar-refractivity contribution in [3.8, 4) is 5.88 Å². The minimum Gasteiger partial charge on any atom is -0.478 e. The third-order valence-electron chi connectivity index (χ3n) is 4.66. The fraction of sp³-hybridized carbons (Fsp3) is 0.0476. The van der Waals surface area contributed by atoms with Crippen molar-refractivity contribution in [2.24, 2.45) is 0 Å². The van der Waals surface area contributed by atoms with Crippen molar-refractivity contribution < 1.29 is 22.3 Å². The highest BCUT2D eigenvalue weighted by molar-refractivity contribution is 7.92. The van der Waals surface area contributed by atoms with E-state index in [0.29, 0.717) is 16.6 Å². The monoisotopic (exact) mass is 534 g/mol. The van der Waals surface area contributed by atoms with E-state index in [1.54, 1.807) is 0 Å². The first-order valence-corrected chi connectivity index (χ1v) is 12.0. The first-order valence-electron chi connectivity index (χ1n) is 9.75. The van der Waals surface area contributed by atoms with E-state index in [2.05, 4.69) is 30.3 Å². The van der Waals surface area contributed by atoms with Crippen molar-refractivity contribution in [3.05, 3.63) is 71.4 Å². The lowest BCUT2D eigenvalue weighted by Crippen LogP contribution is -2.34. The molecule has 2 heterocycles. The summed E-state index contributed by atoms with van der Waals surface area (Å²) in [5.74, 6) is -1.14. The van der Waals surface area contributed by atoms with E-state index in [-0.39, 0.29) is 32.4 Å². The molecule has 10 nitrogen and oxygen atoms in total. The molecule has 2 aromatic heterocycles. The number of aromatic amines is 1. The summed E-state index contributed by atoms with van der Waals surface area (Å²) < 4.78 is 46.0. The molecule has 0 aliphatic heterocycles. The molecule has 0 bridgehead atoms. The van der Waals surface area contributed by atoms with Crippen LogP contribution in [-0.4, -0.2) is 41.5 Å². The van der Waals surface area contributed by atoms with Gasteiger partial charge in [-0.2, -0.15) is 0 Å². The number of thiocarbonyl (C=S) groups is 1. The fourth-order valence-electron chi connectivity index (χ4n) is 3.07. The Morgan fingerprint density at radius 1 is 1.14 bits per heavy atom. The highest BCUT2D eigenvalue weighted by atomic mass is 35.5. The van der Waals surface area contributed by atoms with E-state index in [4.69, 9.17) is 28.6 Å². The molecule has 0 fully saturated rings. The minimum absolute atomic E-state index is 0.0170. The number of nitrogens with one attached hydrogen (secondary N) is 4. The summed E-state index contributed by atoms with van der Waals surface area (Å²) in [6.07, 6.45) is 2.69. The lowest BCUT2D eigenvalue weighted by atomic mass is 10.2.